The van der Waals surface area contributed by atoms with Gasteiger partial charge in [-0.05, 0) is 36.3 Å². The van der Waals surface area contributed by atoms with Crippen LogP contribution in [0.2, 0.25) is 5.02 Å². The summed E-state index contributed by atoms with van der Waals surface area (Å²) in [6.45, 7) is 4.77. The van der Waals surface area contributed by atoms with Crippen molar-refractivity contribution in [3.63, 3.8) is 0 Å². The lowest BCUT2D eigenvalue weighted by molar-refractivity contribution is 0.0916. The van der Waals surface area contributed by atoms with Crippen molar-refractivity contribution in [1.82, 2.24) is 5.32 Å². The number of nitrogens with one attached hydrogen (secondary N) is 1. The number of nitrogens with zero attached hydrogens (tertiary/aromatic N) is 1. The van der Waals surface area contributed by atoms with E-state index >= 15 is 0 Å². The molecule has 0 aliphatic carbocycles. The highest BCUT2D eigenvalue weighted by Crippen LogP contribution is 2.40. The van der Waals surface area contributed by atoms with Crippen LogP contribution >= 0.6 is 11.6 Å². The van der Waals surface area contributed by atoms with Gasteiger partial charge in [-0.1, -0.05) is 37.6 Å². The topological polar surface area (TPSA) is 56.0 Å². The minimum atomic E-state index is -0.429. The molecule has 5 heteroatoms. The molecule has 1 fully saturated rings. The van der Waals surface area contributed by atoms with Crippen molar-refractivity contribution >= 4 is 11.6 Å². The van der Waals surface area contributed by atoms with Crippen LogP contribution in [0.4, 0.5) is 4.39 Å². The third kappa shape index (κ3) is 3.52. The first-order valence-electron chi connectivity index (χ1n) is 8.19. The van der Waals surface area contributed by atoms with E-state index in [1.54, 1.807) is 12.1 Å². The fraction of sp³-hybridized carbons (Fsp3) is 0.611. The zero-order chi connectivity index (χ0) is 17.0. The quantitative estimate of drug-likeness (QED) is 0.828. The summed E-state index contributed by atoms with van der Waals surface area (Å²) in [5, 5.41) is 22.9. The van der Waals surface area contributed by atoms with Gasteiger partial charge in [-0.3, -0.25) is 0 Å². The van der Waals surface area contributed by atoms with Crippen molar-refractivity contribution < 1.29 is 9.50 Å². The first-order valence-corrected chi connectivity index (χ1v) is 8.57. The monoisotopic (exact) mass is 338 g/mol. The largest absolute Gasteiger partial charge is 0.396 e. The predicted molar refractivity (Wildman–Crippen MR) is 89.8 cm³/mol. The maximum absolute atomic E-state index is 14.3. The molecule has 23 heavy (non-hydrogen) atoms. The number of nitriles is 1. The zero-order valence-electron chi connectivity index (χ0n) is 13.6. The highest BCUT2D eigenvalue weighted by Gasteiger charge is 2.42. The maximum atomic E-state index is 14.3. The Bertz CT molecular complexity index is 575. The van der Waals surface area contributed by atoms with Crippen LogP contribution in [0.5, 0.6) is 0 Å². The van der Waals surface area contributed by atoms with Gasteiger partial charge in [0.25, 0.3) is 0 Å². The van der Waals surface area contributed by atoms with Gasteiger partial charge in [0, 0.05) is 25.1 Å². The van der Waals surface area contributed by atoms with Crippen LogP contribution in [0.15, 0.2) is 18.2 Å². The maximum Gasteiger partial charge on any atom is 0.145 e. The van der Waals surface area contributed by atoms with E-state index in [1.807, 2.05) is 0 Å². The Hall–Kier alpha value is -1.15. The standard InChI is InChI=1S/C18H24ClFN2O/c1-3-18(4-2,11-23)8-16-13(9-21)14(10-22-16)12-6-5-7-15(19)17(12)20/h5-7,13-14,16,22-23H,3-4,8,10-11H2,1-2H3. The Kier molecular flexibility index (Phi) is 6.02. The van der Waals surface area contributed by atoms with Crippen LogP contribution in [0.3, 0.4) is 0 Å². The van der Waals surface area contributed by atoms with Gasteiger partial charge in [-0.15, -0.1) is 0 Å². The Balaban J connectivity index is 2.25. The number of aliphatic hydroxyl groups excluding tert-OH is 1. The fourth-order valence-corrected chi connectivity index (χ4v) is 3.78. The summed E-state index contributed by atoms with van der Waals surface area (Å²) >= 11 is 5.88. The first-order chi connectivity index (χ1) is 11.0. The molecule has 3 unspecified atom stereocenters. The second-order valence-electron chi connectivity index (χ2n) is 6.49. The molecule has 1 aliphatic heterocycles. The Morgan fingerprint density at radius 1 is 1.43 bits per heavy atom. The average molecular weight is 339 g/mol. The minimum Gasteiger partial charge on any atom is -0.396 e. The summed E-state index contributed by atoms with van der Waals surface area (Å²) in [7, 11) is 0. The Morgan fingerprint density at radius 2 is 2.13 bits per heavy atom. The fourth-order valence-electron chi connectivity index (χ4n) is 3.60. The second-order valence-corrected chi connectivity index (χ2v) is 6.90. The highest BCUT2D eigenvalue weighted by atomic mass is 35.5. The summed E-state index contributed by atoms with van der Waals surface area (Å²) in [4.78, 5) is 0. The highest BCUT2D eigenvalue weighted by molar-refractivity contribution is 6.30. The summed E-state index contributed by atoms with van der Waals surface area (Å²) in [6, 6.07) is 7.25. The SMILES string of the molecule is CCC(CC)(CO)CC1NCC(c2cccc(Cl)c2F)C1C#N. The van der Waals surface area contributed by atoms with E-state index in [4.69, 9.17) is 11.6 Å². The Morgan fingerprint density at radius 3 is 2.70 bits per heavy atom. The molecule has 2 N–H and O–H groups in total. The number of halogens is 2. The van der Waals surface area contributed by atoms with E-state index in [0.29, 0.717) is 18.5 Å². The molecule has 3 nitrogen and oxygen atoms in total. The van der Waals surface area contributed by atoms with Gasteiger partial charge in [0.05, 0.1) is 17.0 Å². The number of hydrogen-bond acceptors (Lipinski definition) is 3. The molecule has 1 aromatic carbocycles. The van der Waals surface area contributed by atoms with Crippen LogP contribution in [0, 0.1) is 28.5 Å². The van der Waals surface area contributed by atoms with E-state index in [2.05, 4.69) is 25.2 Å². The lowest BCUT2D eigenvalue weighted by Gasteiger charge is -2.33. The summed E-state index contributed by atoms with van der Waals surface area (Å²) in [5.74, 6) is -0.970. The van der Waals surface area contributed by atoms with E-state index < -0.39 is 5.82 Å². The third-order valence-corrected chi connectivity index (χ3v) is 5.78. The lowest BCUT2D eigenvalue weighted by Crippen LogP contribution is -2.36. The molecule has 126 valence electrons. The molecule has 3 atom stereocenters. The normalized spacial score (nSPS) is 24.6. The molecule has 1 heterocycles. The molecule has 2 rings (SSSR count). The molecule has 0 bridgehead atoms. The number of rotatable bonds is 6. The van der Waals surface area contributed by atoms with Gasteiger partial charge in [0.2, 0.25) is 0 Å². The van der Waals surface area contributed by atoms with Gasteiger partial charge in [0.15, 0.2) is 0 Å². The minimum absolute atomic E-state index is 0.0459. The first kappa shape index (κ1) is 18.2. The van der Waals surface area contributed by atoms with Crippen molar-refractivity contribution in [3.8, 4) is 6.07 Å². The van der Waals surface area contributed by atoms with Crippen LogP contribution in [0.1, 0.15) is 44.6 Å². The van der Waals surface area contributed by atoms with Crippen molar-refractivity contribution in [2.75, 3.05) is 13.2 Å². The van der Waals surface area contributed by atoms with Crippen molar-refractivity contribution in [2.45, 2.75) is 45.1 Å². The smallest absolute Gasteiger partial charge is 0.145 e. The zero-order valence-corrected chi connectivity index (χ0v) is 14.4. The van der Waals surface area contributed by atoms with E-state index in [1.165, 1.54) is 6.07 Å². The van der Waals surface area contributed by atoms with Crippen molar-refractivity contribution in [2.24, 2.45) is 11.3 Å². The van der Waals surface area contributed by atoms with Crippen molar-refractivity contribution in [1.29, 1.82) is 5.26 Å². The molecular weight excluding hydrogens is 315 g/mol. The molecular formula is C18H24ClFN2O. The number of aliphatic hydroxyl groups is 1. The molecule has 0 radical (unpaired) electrons. The number of benzene rings is 1. The molecule has 1 aliphatic rings. The lowest BCUT2D eigenvalue weighted by atomic mass is 9.74. The third-order valence-electron chi connectivity index (χ3n) is 5.49. The van der Waals surface area contributed by atoms with Gasteiger partial charge in [-0.25, -0.2) is 4.39 Å². The van der Waals surface area contributed by atoms with Crippen LogP contribution < -0.4 is 5.32 Å². The summed E-state index contributed by atoms with van der Waals surface area (Å²) in [5.41, 5.74) is 0.316. The summed E-state index contributed by atoms with van der Waals surface area (Å²) in [6.07, 6.45) is 2.42. The van der Waals surface area contributed by atoms with Gasteiger partial charge >= 0.3 is 0 Å². The van der Waals surface area contributed by atoms with Gasteiger partial charge in [-0.2, -0.15) is 5.26 Å². The van der Waals surface area contributed by atoms with Crippen LogP contribution in [-0.2, 0) is 0 Å². The number of hydrogen-bond donors (Lipinski definition) is 2. The van der Waals surface area contributed by atoms with Gasteiger partial charge < -0.3 is 10.4 Å². The predicted octanol–water partition coefficient (Wildman–Crippen LogP) is 3.86. The van der Waals surface area contributed by atoms with Gasteiger partial charge in [0.1, 0.15) is 5.82 Å². The summed E-state index contributed by atoms with van der Waals surface area (Å²) < 4.78 is 14.3. The molecule has 0 aromatic heterocycles. The van der Waals surface area contributed by atoms with Crippen LogP contribution in [0.25, 0.3) is 0 Å². The molecule has 1 saturated heterocycles. The Labute approximate surface area is 142 Å². The molecule has 0 amide bonds. The van der Waals surface area contributed by atoms with Crippen molar-refractivity contribution in [3.05, 3.63) is 34.6 Å². The van der Waals surface area contributed by atoms with E-state index in [0.717, 1.165) is 12.8 Å². The molecule has 1 aromatic rings. The second kappa shape index (κ2) is 7.61. The van der Waals surface area contributed by atoms with E-state index in [-0.39, 0.29) is 34.9 Å². The molecule has 0 spiro atoms. The average Bonchev–Trinajstić information content (AvgIpc) is 2.97. The molecule has 0 saturated carbocycles. The van der Waals surface area contributed by atoms with Crippen LogP contribution in [-0.4, -0.2) is 24.3 Å². The van der Waals surface area contributed by atoms with E-state index in [9.17, 15) is 14.8 Å².